The first kappa shape index (κ1) is 13.9. The van der Waals surface area contributed by atoms with E-state index in [4.69, 9.17) is 27.4 Å². The van der Waals surface area contributed by atoms with Crippen LogP contribution in [0.1, 0.15) is 25.3 Å². The molecule has 0 saturated carbocycles. The quantitative estimate of drug-likeness (QED) is 0.571. The van der Waals surface area contributed by atoms with Crippen LogP contribution >= 0.6 is 12.2 Å². The molecule has 0 atom stereocenters. The summed E-state index contributed by atoms with van der Waals surface area (Å²) in [5, 5.41) is 0. The predicted molar refractivity (Wildman–Crippen MR) is 73.6 cm³/mol. The van der Waals surface area contributed by atoms with E-state index in [1.54, 1.807) is 0 Å². The molecule has 0 bridgehead atoms. The van der Waals surface area contributed by atoms with Gasteiger partial charge >= 0.3 is 0 Å². The monoisotopic (exact) mass is 253 g/mol. The number of nitrogens with two attached hydrogens (primary N) is 1. The van der Waals surface area contributed by atoms with Gasteiger partial charge in [-0.15, -0.1) is 0 Å². The van der Waals surface area contributed by atoms with E-state index in [9.17, 15) is 0 Å². The Morgan fingerprint density at radius 2 is 2.00 bits per heavy atom. The minimum absolute atomic E-state index is 0.364. The van der Waals surface area contributed by atoms with E-state index >= 15 is 0 Å². The summed E-state index contributed by atoms with van der Waals surface area (Å²) in [5.41, 5.74) is 6.40. The van der Waals surface area contributed by atoms with E-state index in [-0.39, 0.29) is 0 Å². The van der Waals surface area contributed by atoms with Crippen molar-refractivity contribution in [3.63, 3.8) is 0 Å². The van der Waals surface area contributed by atoms with Gasteiger partial charge in [0, 0.05) is 19.6 Å². The summed E-state index contributed by atoms with van der Waals surface area (Å²) in [4.78, 5) is 0.364. The SMILES string of the molecule is CCCOCCCOc1ccccc1C(N)=S. The molecule has 1 aromatic carbocycles. The molecule has 4 heteroatoms. The van der Waals surface area contributed by atoms with Crippen molar-refractivity contribution in [2.24, 2.45) is 5.73 Å². The molecule has 0 aliphatic rings. The molecule has 0 heterocycles. The maximum atomic E-state index is 5.63. The highest BCUT2D eigenvalue weighted by molar-refractivity contribution is 7.80. The van der Waals surface area contributed by atoms with Crippen LogP contribution in [-0.2, 0) is 4.74 Å². The van der Waals surface area contributed by atoms with Crippen molar-refractivity contribution in [2.75, 3.05) is 19.8 Å². The zero-order valence-corrected chi connectivity index (χ0v) is 11.0. The number of rotatable bonds is 8. The van der Waals surface area contributed by atoms with Crippen LogP contribution in [0.15, 0.2) is 24.3 Å². The summed E-state index contributed by atoms with van der Waals surface area (Å²) in [6, 6.07) is 7.54. The first-order valence-corrected chi connectivity index (χ1v) is 6.26. The topological polar surface area (TPSA) is 44.5 Å². The lowest BCUT2D eigenvalue weighted by atomic mass is 10.2. The number of hydrogen-bond donors (Lipinski definition) is 1. The lowest BCUT2D eigenvalue weighted by Gasteiger charge is -2.10. The van der Waals surface area contributed by atoms with Crippen LogP contribution in [0.3, 0.4) is 0 Å². The Hall–Kier alpha value is -1.13. The molecule has 2 N–H and O–H groups in total. The van der Waals surface area contributed by atoms with Gasteiger partial charge in [0.15, 0.2) is 0 Å². The van der Waals surface area contributed by atoms with Gasteiger partial charge in [0.05, 0.1) is 12.2 Å². The second-order valence-corrected chi connectivity index (χ2v) is 4.11. The molecule has 0 amide bonds. The van der Waals surface area contributed by atoms with Crippen LogP contribution in [0.4, 0.5) is 0 Å². The zero-order chi connectivity index (χ0) is 12.5. The van der Waals surface area contributed by atoms with Gasteiger partial charge in [0.25, 0.3) is 0 Å². The van der Waals surface area contributed by atoms with Gasteiger partial charge in [-0.3, -0.25) is 0 Å². The molecule has 0 spiro atoms. The van der Waals surface area contributed by atoms with Gasteiger partial charge in [-0.2, -0.15) is 0 Å². The molecule has 3 nitrogen and oxygen atoms in total. The Balaban J connectivity index is 2.34. The van der Waals surface area contributed by atoms with E-state index in [1.807, 2.05) is 24.3 Å². The third kappa shape index (κ3) is 5.15. The average Bonchev–Trinajstić information content (AvgIpc) is 2.34. The zero-order valence-electron chi connectivity index (χ0n) is 10.1. The highest BCUT2D eigenvalue weighted by Crippen LogP contribution is 2.17. The highest BCUT2D eigenvalue weighted by atomic mass is 32.1. The Labute approximate surface area is 108 Å². The minimum Gasteiger partial charge on any atom is -0.493 e. The summed E-state index contributed by atoms with van der Waals surface area (Å²) in [6.45, 7) is 4.24. The van der Waals surface area contributed by atoms with Crippen LogP contribution in [0.2, 0.25) is 0 Å². The Morgan fingerprint density at radius 1 is 1.24 bits per heavy atom. The first-order valence-electron chi connectivity index (χ1n) is 5.85. The molecule has 17 heavy (non-hydrogen) atoms. The molecule has 1 aromatic rings. The van der Waals surface area contributed by atoms with E-state index in [0.29, 0.717) is 11.6 Å². The van der Waals surface area contributed by atoms with E-state index < -0.39 is 0 Å². The Morgan fingerprint density at radius 3 is 2.71 bits per heavy atom. The second kappa shape index (κ2) is 8.03. The molecule has 0 radical (unpaired) electrons. The van der Waals surface area contributed by atoms with E-state index in [0.717, 1.165) is 37.4 Å². The number of hydrogen-bond acceptors (Lipinski definition) is 3. The molecule has 0 aliphatic heterocycles. The molecule has 0 fully saturated rings. The van der Waals surface area contributed by atoms with Crippen LogP contribution < -0.4 is 10.5 Å². The van der Waals surface area contributed by atoms with Crippen LogP contribution in [0.25, 0.3) is 0 Å². The van der Waals surface area contributed by atoms with Crippen molar-refractivity contribution in [1.29, 1.82) is 0 Å². The molecule has 0 saturated heterocycles. The highest BCUT2D eigenvalue weighted by Gasteiger charge is 2.04. The maximum Gasteiger partial charge on any atom is 0.129 e. The molecule has 94 valence electrons. The standard InChI is InChI=1S/C13H19NO2S/c1-2-8-15-9-5-10-16-12-7-4-3-6-11(12)13(14)17/h3-4,6-7H,2,5,8-10H2,1H3,(H2,14,17). The number of ether oxygens (including phenoxy) is 2. The third-order valence-electron chi connectivity index (χ3n) is 2.19. The summed E-state index contributed by atoms with van der Waals surface area (Å²) in [5.74, 6) is 0.746. The van der Waals surface area contributed by atoms with Gasteiger partial charge in [-0.25, -0.2) is 0 Å². The van der Waals surface area contributed by atoms with Gasteiger partial charge in [0.1, 0.15) is 10.7 Å². The van der Waals surface area contributed by atoms with E-state index in [1.165, 1.54) is 0 Å². The predicted octanol–water partition coefficient (Wildman–Crippen LogP) is 2.52. The van der Waals surface area contributed by atoms with Crippen LogP contribution in [0, 0.1) is 0 Å². The lowest BCUT2D eigenvalue weighted by molar-refractivity contribution is 0.120. The summed E-state index contributed by atoms with van der Waals surface area (Å²) in [6.07, 6.45) is 1.91. The lowest BCUT2D eigenvalue weighted by Crippen LogP contribution is -2.12. The van der Waals surface area contributed by atoms with Crippen molar-refractivity contribution in [1.82, 2.24) is 0 Å². The van der Waals surface area contributed by atoms with E-state index in [2.05, 4.69) is 6.92 Å². The molecular weight excluding hydrogens is 234 g/mol. The van der Waals surface area contributed by atoms with Gasteiger partial charge in [-0.05, 0) is 18.6 Å². The van der Waals surface area contributed by atoms with Crippen molar-refractivity contribution in [2.45, 2.75) is 19.8 Å². The van der Waals surface area contributed by atoms with Crippen LogP contribution in [-0.4, -0.2) is 24.8 Å². The van der Waals surface area contributed by atoms with Crippen LogP contribution in [0.5, 0.6) is 5.75 Å². The Bertz CT molecular complexity index is 355. The van der Waals surface area contributed by atoms with Gasteiger partial charge in [-0.1, -0.05) is 31.3 Å². The fourth-order valence-electron chi connectivity index (χ4n) is 1.39. The fourth-order valence-corrected chi connectivity index (χ4v) is 1.55. The Kier molecular flexibility index (Phi) is 6.58. The molecule has 0 unspecified atom stereocenters. The number of para-hydroxylation sites is 1. The molecule has 0 aromatic heterocycles. The molecular formula is C13H19NO2S. The second-order valence-electron chi connectivity index (χ2n) is 3.67. The van der Waals surface area contributed by atoms with Gasteiger partial charge in [0.2, 0.25) is 0 Å². The number of thiocarbonyl (C=S) groups is 1. The van der Waals surface area contributed by atoms with Gasteiger partial charge < -0.3 is 15.2 Å². The normalized spacial score (nSPS) is 10.2. The first-order chi connectivity index (χ1) is 8.25. The van der Waals surface area contributed by atoms with Crippen molar-refractivity contribution >= 4 is 17.2 Å². The van der Waals surface area contributed by atoms with Crippen molar-refractivity contribution < 1.29 is 9.47 Å². The average molecular weight is 253 g/mol. The molecule has 1 rings (SSSR count). The minimum atomic E-state index is 0.364. The number of benzene rings is 1. The summed E-state index contributed by atoms with van der Waals surface area (Å²) >= 11 is 4.96. The fraction of sp³-hybridized carbons (Fsp3) is 0.462. The van der Waals surface area contributed by atoms with Crippen molar-refractivity contribution in [3.8, 4) is 5.75 Å². The maximum absolute atomic E-state index is 5.63. The largest absolute Gasteiger partial charge is 0.493 e. The smallest absolute Gasteiger partial charge is 0.129 e. The molecule has 0 aliphatic carbocycles. The van der Waals surface area contributed by atoms with Crippen molar-refractivity contribution in [3.05, 3.63) is 29.8 Å². The summed E-state index contributed by atoms with van der Waals surface area (Å²) in [7, 11) is 0. The third-order valence-corrected chi connectivity index (χ3v) is 2.41. The summed E-state index contributed by atoms with van der Waals surface area (Å²) < 4.78 is 11.0.